The van der Waals surface area contributed by atoms with Gasteiger partial charge in [-0.1, -0.05) is 5.92 Å². The quantitative estimate of drug-likeness (QED) is 0.639. The zero-order valence-corrected chi connectivity index (χ0v) is 9.77. The third-order valence-electron chi connectivity index (χ3n) is 2.00. The second-order valence-corrected chi connectivity index (χ2v) is 3.22. The zero-order chi connectivity index (χ0) is 12.5. The molecule has 0 bridgehead atoms. The molecule has 0 saturated carbocycles. The van der Waals surface area contributed by atoms with Gasteiger partial charge < -0.3 is 15.8 Å². The van der Waals surface area contributed by atoms with Gasteiger partial charge in [-0.15, -0.1) is 0 Å². The molecule has 0 aromatic carbocycles. The van der Waals surface area contributed by atoms with E-state index in [1.807, 2.05) is 6.07 Å². The molecule has 3 N–H and O–H groups in total. The third-order valence-corrected chi connectivity index (χ3v) is 2.00. The summed E-state index contributed by atoms with van der Waals surface area (Å²) in [6.45, 7) is 1.50. The molecule has 6 heteroatoms. The molecule has 0 aliphatic carbocycles. The van der Waals surface area contributed by atoms with E-state index in [0.717, 1.165) is 5.69 Å². The average molecular weight is 236 g/mol. The van der Waals surface area contributed by atoms with E-state index < -0.39 is 0 Å². The van der Waals surface area contributed by atoms with E-state index in [1.54, 1.807) is 18.0 Å². The maximum atomic E-state index is 10.8. The van der Waals surface area contributed by atoms with Gasteiger partial charge in [-0.05, 0) is 12.0 Å². The number of nitrogens with one attached hydrogen (secondary N) is 1. The summed E-state index contributed by atoms with van der Waals surface area (Å²) >= 11 is 0. The van der Waals surface area contributed by atoms with Crippen LogP contribution in [-0.4, -0.2) is 42.5 Å². The van der Waals surface area contributed by atoms with Crippen molar-refractivity contribution in [2.24, 2.45) is 5.73 Å². The van der Waals surface area contributed by atoms with Gasteiger partial charge >= 0.3 is 0 Å². The lowest BCUT2D eigenvalue weighted by Crippen LogP contribution is -2.30. The summed E-state index contributed by atoms with van der Waals surface area (Å²) in [5, 5.41) is 6.68. The van der Waals surface area contributed by atoms with Crippen LogP contribution in [0.3, 0.4) is 0 Å². The summed E-state index contributed by atoms with van der Waals surface area (Å²) in [5.41, 5.74) is 5.94. The molecule has 17 heavy (non-hydrogen) atoms. The van der Waals surface area contributed by atoms with E-state index in [1.165, 1.54) is 0 Å². The molecule has 0 aliphatic rings. The Bertz CT molecular complexity index is 417. The average Bonchev–Trinajstić information content (AvgIpc) is 2.79. The number of carbonyl (C=O) groups is 1. The molecule has 6 nitrogen and oxygen atoms in total. The van der Waals surface area contributed by atoms with Gasteiger partial charge in [0.1, 0.15) is 5.69 Å². The molecule has 0 radical (unpaired) electrons. The number of amides is 1. The minimum atomic E-state index is -0.216. The Hall–Kier alpha value is -1.84. The SMILES string of the molecule is COCCn1nccc1C#CCNC(=O)CN. The lowest BCUT2D eigenvalue weighted by molar-refractivity contribution is -0.119. The molecule has 1 heterocycles. The first-order valence-electron chi connectivity index (χ1n) is 5.24. The number of ether oxygens (including phenoxy) is 1. The summed E-state index contributed by atoms with van der Waals surface area (Å²) in [7, 11) is 1.64. The molecule has 0 unspecified atom stereocenters. The summed E-state index contributed by atoms with van der Waals surface area (Å²) in [6, 6.07) is 1.81. The molecule has 1 rings (SSSR count). The van der Waals surface area contributed by atoms with Crippen LogP contribution in [0.2, 0.25) is 0 Å². The second-order valence-electron chi connectivity index (χ2n) is 3.22. The number of rotatable bonds is 5. The van der Waals surface area contributed by atoms with Crippen molar-refractivity contribution in [2.75, 3.05) is 26.8 Å². The molecule has 1 amide bonds. The van der Waals surface area contributed by atoms with Crippen LogP contribution in [-0.2, 0) is 16.1 Å². The zero-order valence-electron chi connectivity index (χ0n) is 9.77. The Labute approximate surface area is 100 Å². The Morgan fingerprint density at radius 3 is 3.24 bits per heavy atom. The van der Waals surface area contributed by atoms with Crippen LogP contribution in [0.4, 0.5) is 0 Å². The van der Waals surface area contributed by atoms with Gasteiger partial charge in [0, 0.05) is 7.11 Å². The van der Waals surface area contributed by atoms with E-state index >= 15 is 0 Å². The summed E-state index contributed by atoms with van der Waals surface area (Å²) < 4.78 is 6.71. The standard InChI is InChI=1S/C11H16N4O2/c1-17-8-7-15-10(4-6-14-15)3-2-5-13-11(16)9-12/h4,6H,5,7-9,12H2,1H3,(H,13,16). The van der Waals surface area contributed by atoms with Crippen LogP contribution in [0.5, 0.6) is 0 Å². The fraction of sp³-hybridized carbons (Fsp3) is 0.455. The third kappa shape index (κ3) is 4.68. The molecule has 0 spiro atoms. The number of nitrogens with two attached hydrogens (primary N) is 1. The monoisotopic (exact) mass is 236 g/mol. The largest absolute Gasteiger partial charge is 0.383 e. The van der Waals surface area contributed by atoms with Gasteiger partial charge in [-0.3, -0.25) is 9.48 Å². The lowest BCUT2D eigenvalue weighted by Gasteiger charge is -2.01. The molecule has 0 saturated heterocycles. The van der Waals surface area contributed by atoms with Crippen LogP contribution < -0.4 is 11.1 Å². The van der Waals surface area contributed by atoms with Gasteiger partial charge in [0.2, 0.25) is 5.91 Å². The minimum Gasteiger partial charge on any atom is -0.383 e. The normalized spacial score (nSPS) is 9.53. The number of methoxy groups -OCH3 is 1. The maximum Gasteiger partial charge on any atom is 0.234 e. The van der Waals surface area contributed by atoms with E-state index in [0.29, 0.717) is 13.2 Å². The predicted octanol–water partition coefficient (Wildman–Crippen LogP) is -1.04. The van der Waals surface area contributed by atoms with Crippen molar-refractivity contribution in [1.29, 1.82) is 0 Å². The second kappa shape index (κ2) is 7.44. The molecule has 0 atom stereocenters. The van der Waals surface area contributed by atoms with Gasteiger partial charge in [0.05, 0.1) is 32.4 Å². The van der Waals surface area contributed by atoms with Gasteiger partial charge in [0.25, 0.3) is 0 Å². The molecule has 0 fully saturated rings. The molecule has 92 valence electrons. The number of hydrogen-bond donors (Lipinski definition) is 2. The van der Waals surface area contributed by atoms with Crippen molar-refractivity contribution in [3.8, 4) is 11.8 Å². The highest BCUT2D eigenvalue weighted by atomic mass is 16.5. The van der Waals surface area contributed by atoms with Crippen molar-refractivity contribution in [3.63, 3.8) is 0 Å². The van der Waals surface area contributed by atoms with Crippen LogP contribution >= 0.6 is 0 Å². The fourth-order valence-electron chi connectivity index (χ4n) is 1.14. The van der Waals surface area contributed by atoms with Crippen molar-refractivity contribution in [3.05, 3.63) is 18.0 Å². The summed E-state index contributed by atoms with van der Waals surface area (Å²) in [6.07, 6.45) is 1.68. The first-order chi connectivity index (χ1) is 8.27. The highest BCUT2D eigenvalue weighted by molar-refractivity contribution is 5.77. The molecule has 1 aromatic rings. The Kier molecular flexibility index (Phi) is 5.79. The number of carbonyl (C=O) groups excluding carboxylic acids is 1. The van der Waals surface area contributed by atoms with Crippen molar-refractivity contribution in [1.82, 2.24) is 15.1 Å². The van der Waals surface area contributed by atoms with Crippen molar-refractivity contribution < 1.29 is 9.53 Å². The van der Waals surface area contributed by atoms with E-state index in [-0.39, 0.29) is 19.0 Å². The van der Waals surface area contributed by atoms with Gasteiger partial charge in [-0.2, -0.15) is 5.10 Å². The molecular formula is C11H16N4O2. The first kappa shape index (κ1) is 13.2. The Morgan fingerprint density at radius 2 is 2.53 bits per heavy atom. The summed E-state index contributed by atoms with van der Waals surface area (Å²) in [4.78, 5) is 10.8. The van der Waals surface area contributed by atoms with Crippen LogP contribution in [0.15, 0.2) is 12.3 Å². The highest BCUT2D eigenvalue weighted by Crippen LogP contribution is 1.95. The molecule has 1 aromatic heterocycles. The van der Waals surface area contributed by atoms with E-state index in [9.17, 15) is 4.79 Å². The highest BCUT2D eigenvalue weighted by Gasteiger charge is 1.98. The smallest absolute Gasteiger partial charge is 0.234 e. The van der Waals surface area contributed by atoms with E-state index in [4.69, 9.17) is 10.5 Å². The number of aromatic nitrogens is 2. The molecule has 0 aliphatic heterocycles. The predicted molar refractivity (Wildman–Crippen MR) is 63.0 cm³/mol. The van der Waals surface area contributed by atoms with Gasteiger partial charge in [-0.25, -0.2) is 0 Å². The van der Waals surface area contributed by atoms with Crippen molar-refractivity contribution >= 4 is 5.91 Å². The van der Waals surface area contributed by atoms with Crippen LogP contribution in [0, 0.1) is 11.8 Å². The number of nitrogens with zero attached hydrogens (tertiary/aromatic N) is 2. The van der Waals surface area contributed by atoms with Crippen molar-refractivity contribution in [2.45, 2.75) is 6.54 Å². The van der Waals surface area contributed by atoms with E-state index in [2.05, 4.69) is 22.3 Å². The maximum absolute atomic E-state index is 10.8. The first-order valence-corrected chi connectivity index (χ1v) is 5.24. The summed E-state index contributed by atoms with van der Waals surface area (Å²) in [5.74, 6) is 5.54. The fourth-order valence-corrected chi connectivity index (χ4v) is 1.14. The minimum absolute atomic E-state index is 0.0204. The Morgan fingerprint density at radius 1 is 1.71 bits per heavy atom. The van der Waals surface area contributed by atoms with Gasteiger partial charge in [0.15, 0.2) is 0 Å². The number of hydrogen-bond acceptors (Lipinski definition) is 4. The van der Waals surface area contributed by atoms with Crippen LogP contribution in [0.25, 0.3) is 0 Å². The van der Waals surface area contributed by atoms with Crippen LogP contribution in [0.1, 0.15) is 5.69 Å². The Balaban J connectivity index is 2.47. The lowest BCUT2D eigenvalue weighted by atomic mass is 10.4. The molecular weight excluding hydrogens is 220 g/mol. The topological polar surface area (TPSA) is 82.2 Å².